The van der Waals surface area contributed by atoms with E-state index in [0.717, 1.165) is 30.6 Å². The van der Waals surface area contributed by atoms with Crippen LogP contribution in [0.5, 0.6) is 0 Å². The highest BCUT2D eigenvalue weighted by Gasteiger charge is 2.36. The average Bonchev–Trinajstić information content (AvgIpc) is 3.21. The topological polar surface area (TPSA) is 98.6 Å². The summed E-state index contributed by atoms with van der Waals surface area (Å²) in [4.78, 5) is 17.1. The first-order valence-corrected chi connectivity index (χ1v) is 12.2. The predicted octanol–water partition coefficient (Wildman–Crippen LogP) is 5.64. The van der Waals surface area contributed by atoms with Gasteiger partial charge in [-0.25, -0.2) is 0 Å². The molecule has 0 aliphatic heterocycles. The van der Waals surface area contributed by atoms with Crippen LogP contribution in [0.25, 0.3) is 0 Å². The zero-order valence-corrected chi connectivity index (χ0v) is 20.3. The van der Waals surface area contributed by atoms with Gasteiger partial charge in [-0.15, -0.1) is 0 Å². The lowest BCUT2D eigenvalue weighted by atomic mass is 9.90. The Balaban J connectivity index is 2.00. The van der Waals surface area contributed by atoms with Gasteiger partial charge in [-0.05, 0) is 55.2 Å². The first-order chi connectivity index (χ1) is 15.9. The molecule has 0 radical (unpaired) electrons. The van der Waals surface area contributed by atoms with Gasteiger partial charge in [-0.3, -0.25) is 4.79 Å². The first kappa shape index (κ1) is 26.2. The average molecular weight is 501 g/mol. The fraction of sp³-hybridized carbons (Fsp3) is 0.609. The van der Waals surface area contributed by atoms with Crippen LogP contribution in [0.1, 0.15) is 70.2 Å². The number of aliphatic hydroxyl groups excluding tert-OH is 1. The molecule has 1 atom stereocenters. The van der Waals surface area contributed by atoms with Crippen molar-refractivity contribution in [2.75, 3.05) is 16.8 Å². The first-order valence-electron chi connectivity index (χ1n) is 11.4. The zero-order chi connectivity index (χ0) is 25.0. The number of carboxylic acids is 1. The fourth-order valence-corrected chi connectivity index (χ4v) is 4.90. The molecule has 11 heteroatoms. The van der Waals surface area contributed by atoms with Crippen molar-refractivity contribution in [2.24, 2.45) is 5.92 Å². The van der Waals surface area contributed by atoms with Crippen LogP contribution in [-0.2, 0) is 11.0 Å². The molecule has 1 aliphatic rings. The summed E-state index contributed by atoms with van der Waals surface area (Å²) in [5.41, 5.74) is 2.13. The summed E-state index contributed by atoms with van der Waals surface area (Å²) in [5.74, 6) is -2.08. The van der Waals surface area contributed by atoms with Crippen LogP contribution < -0.4 is 10.2 Å². The van der Waals surface area contributed by atoms with E-state index < -0.39 is 18.0 Å². The minimum Gasteiger partial charge on any atom is -0.481 e. The molecule has 3 rings (SSSR count). The minimum absolute atomic E-state index is 0.0141. The van der Waals surface area contributed by atoms with Crippen LogP contribution in [0.4, 0.5) is 29.7 Å². The second-order valence-electron chi connectivity index (χ2n) is 9.33. The highest BCUT2D eigenvalue weighted by atomic mass is 32.1. The van der Waals surface area contributed by atoms with Gasteiger partial charge in [0.1, 0.15) is 0 Å². The molecule has 1 heterocycles. The summed E-state index contributed by atoms with van der Waals surface area (Å²) in [6.07, 6.45) is -2.00. The Bertz CT molecular complexity index is 975. The zero-order valence-electron chi connectivity index (χ0n) is 19.5. The third-order valence-corrected chi connectivity index (χ3v) is 6.60. The standard InChI is InChI=1S/C23H31F3N4O3S/c1-13(2)12-30(16-5-7-17(31)8-6-16)19-9-4-15(14(3)10-20(32)33)11-18(19)27-22-28-21(29-34-22)23(24,25)26/h4,9,11,13-14,16-17,31H,5-8,10,12H2,1-3H3,(H,32,33)(H,27,28,29)/t14-,16-,17-/m1/s1. The highest BCUT2D eigenvalue weighted by molar-refractivity contribution is 7.09. The number of aliphatic carboxylic acids is 1. The van der Waals surface area contributed by atoms with E-state index in [2.05, 4.69) is 33.4 Å². The fourth-order valence-electron chi connectivity index (χ4n) is 4.30. The molecule has 188 valence electrons. The molecule has 34 heavy (non-hydrogen) atoms. The molecule has 1 saturated carbocycles. The molecule has 0 spiro atoms. The SMILES string of the molecule is CC(C)CN(c1ccc([C@H](C)CC(=O)O)cc1Nc1nc(C(F)(F)F)ns1)[C@H]1CC[C@H](O)CC1. The van der Waals surface area contributed by atoms with Crippen molar-refractivity contribution in [1.29, 1.82) is 0 Å². The second kappa shape index (κ2) is 10.9. The number of carboxylic acid groups (broad SMARTS) is 1. The number of halogens is 3. The quantitative estimate of drug-likeness (QED) is 0.410. The molecule has 3 N–H and O–H groups in total. The molecule has 1 fully saturated rings. The van der Waals surface area contributed by atoms with Gasteiger partial charge in [-0.2, -0.15) is 22.5 Å². The van der Waals surface area contributed by atoms with Gasteiger partial charge in [0.15, 0.2) is 0 Å². The molecular formula is C23H31F3N4O3S. The van der Waals surface area contributed by atoms with Crippen LogP contribution in [0.3, 0.4) is 0 Å². The summed E-state index contributed by atoms with van der Waals surface area (Å²) >= 11 is 0.628. The van der Waals surface area contributed by atoms with E-state index in [0.29, 0.717) is 36.0 Å². The maximum absolute atomic E-state index is 13.0. The van der Waals surface area contributed by atoms with Gasteiger partial charge < -0.3 is 20.4 Å². The van der Waals surface area contributed by atoms with Crippen molar-refractivity contribution in [3.8, 4) is 0 Å². The Labute approximate surface area is 201 Å². The number of rotatable bonds is 9. The molecule has 1 aromatic carbocycles. The number of carbonyl (C=O) groups is 1. The van der Waals surface area contributed by atoms with Crippen molar-refractivity contribution in [3.63, 3.8) is 0 Å². The van der Waals surface area contributed by atoms with Gasteiger partial charge in [0.25, 0.3) is 0 Å². The molecule has 0 saturated heterocycles. The minimum atomic E-state index is -4.64. The van der Waals surface area contributed by atoms with Crippen molar-refractivity contribution in [3.05, 3.63) is 29.6 Å². The summed E-state index contributed by atoms with van der Waals surface area (Å²) in [7, 11) is 0. The number of anilines is 3. The number of alkyl halides is 3. The Hall–Kier alpha value is -2.40. The third kappa shape index (κ3) is 6.82. The van der Waals surface area contributed by atoms with Crippen molar-refractivity contribution >= 4 is 34.0 Å². The van der Waals surface area contributed by atoms with E-state index in [4.69, 9.17) is 0 Å². The second-order valence-corrected chi connectivity index (χ2v) is 10.1. The summed E-state index contributed by atoms with van der Waals surface area (Å²) in [5, 5.41) is 22.2. The Morgan fingerprint density at radius 1 is 1.24 bits per heavy atom. The van der Waals surface area contributed by atoms with Crippen LogP contribution in [0, 0.1) is 5.92 Å². The van der Waals surface area contributed by atoms with E-state index in [1.54, 1.807) is 13.0 Å². The molecule has 1 aromatic heterocycles. The largest absolute Gasteiger partial charge is 0.481 e. The molecule has 7 nitrogen and oxygen atoms in total. The predicted molar refractivity (Wildman–Crippen MR) is 126 cm³/mol. The number of aliphatic hydroxyl groups is 1. The van der Waals surface area contributed by atoms with Crippen LogP contribution in [0.2, 0.25) is 0 Å². The van der Waals surface area contributed by atoms with Gasteiger partial charge in [0, 0.05) is 24.1 Å². The number of hydrogen-bond donors (Lipinski definition) is 3. The number of aromatic nitrogens is 2. The number of nitrogens with one attached hydrogen (secondary N) is 1. The van der Waals surface area contributed by atoms with E-state index in [1.165, 1.54) is 0 Å². The summed E-state index contributed by atoms with van der Waals surface area (Å²) in [6, 6.07) is 5.74. The lowest BCUT2D eigenvalue weighted by molar-refractivity contribution is -0.144. The van der Waals surface area contributed by atoms with E-state index in [9.17, 15) is 28.2 Å². The molecule has 0 unspecified atom stereocenters. The lowest BCUT2D eigenvalue weighted by Gasteiger charge is -2.39. The lowest BCUT2D eigenvalue weighted by Crippen LogP contribution is -2.41. The highest BCUT2D eigenvalue weighted by Crippen LogP contribution is 2.38. The van der Waals surface area contributed by atoms with Gasteiger partial charge in [0.2, 0.25) is 11.0 Å². The maximum Gasteiger partial charge on any atom is 0.452 e. The van der Waals surface area contributed by atoms with E-state index in [1.807, 2.05) is 12.1 Å². The van der Waals surface area contributed by atoms with Gasteiger partial charge in [-0.1, -0.05) is 26.8 Å². The third-order valence-electron chi connectivity index (χ3n) is 5.97. The Kier molecular flexibility index (Phi) is 8.40. The molecular weight excluding hydrogens is 469 g/mol. The molecule has 1 aliphatic carbocycles. The summed E-state index contributed by atoms with van der Waals surface area (Å²) in [6.45, 7) is 6.72. The smallest absolute Gasteiger partial charge is 0.452 e. The normalized spacial score (nSPS) is 19.8. The monoisotopic (exact) mass is 500 g/mol. The number of nitrogens with zero attached hydrogens (tertiary/aromatic N) is 3. The van der Waals surface area contributed by atoms with Gasteiger partial charge in [0.05, 0.1) is 23.9 Å². The van der Waals surface area contributed by atoms with Crippen molar-refractivity contribution in [1.82, 2.24) is 9.36 Å². The number of hydrogen-bond acceptors (Lipinski definition) is 7. The van der Waals surface area contributed by atoms with Crippen LogP contribution in [0.15, 0.2) is 18.2 Å². The Morgan fingerprint density at radius 3 is 2.47 bits per heavy atom. The van der Waals surface area contributed by atoms with Crippen molar-refractivity contribution in [2.45, 2.75) is 77.1 Å². The summed E-state index contributed by atoms with van der Waals surface area (Å²) < 4.78 is 42.5. The number of benzene rings is 1. The molecule has 2 aromatic rings. The van der Waals surface area contributed by atoms with E-state index >= 15 is 0 Å². The molecule has 0 bridgehead atoms. The van der Waals surface area contributed by atoms with Crippen molar-refractivity contribution < 1.29 is 28.2 Å². The molecule has 0 amide bonds. The van der Waals surface area contributed by atoms with E-state index in [-0.39, 0.29) is 29.6 Å². The van der Waals surface area contributed by atoms with Crippen LogP contribution >= 0.6 is 11.5 Å². The van der Waals surface area contributed by atoms with Crippen LogP contribution in [-0.4, -0.2) is 44.2 Å². The maximum atomic E-state index is 13.0. The van der Waals surface area contributed by atoms with Gasteiger partial charge >= 0.3 is 12.1 Å². The Morgan fingerprint density at radius 2 is 1.91 bits per heavy atom.